The summed E-state index contributed by atoms with van der Waals surface area (Å²) < 4.78 is 0. The van der Waals surface area contributed by atoms with Crippen LogP contribution in [0.15, 0.2) is 24.3 Å². The number of halogens is 1. The highest BCUT2D eigenvalue weighted by Gasteiger charge is 2.33. The van der Waals surface area contributed by atoms with Gasteiger partial charge < -0.3 is 5.32 Å². The van der Waals surface area contributed by atoms with E-state index in [1.807, 2.05) is 24.3 Å². The zero-order chi connectivity index (χ0) is 11.8. The van der Waals surface area contributed by atoms with E-state index >= 15 is 0 Å². The predicted octanol–water partition coefficient (Wildman–Crippen LogP) is 2.76. The molecule has 86 valence electrons. The molecule has 3 heteroatoms. The standard InChI is InChI=1S/C13H16ClNO/c1-13(2)7-12(16)11(8-15-13)9-3-5-10(14)6-4-9/h3-6,11,15H,7-8H2,1-2H3. The second kappa shape index (κ2) is 4.19. The quantitative estimate of drug-likeness (QED) is 0.814. The van der Waals surface area contributed by atoms with Gasteiger partial charge in [0.15, 0.2) is 0 Å². The van der Waals surface area contributed by atoms with Gasteiger partial charge in [-0.3, -0.25) is 4.79 Å². The van der Waals surface area contributed by atoms with E-state index in [-0.39, 0.29) is 11.5 Å². The fourth-order valence-electron chi connectivity index (χ4n) is 2.11. The Bertz CT molecular complexity index is 397. The van der Waals surface area contributed by atoms with Gasteiger partial charge in [0.2, 0.25) is 0 Å². The second-order valence-corrected chi connectivity index (χ2v) is 5.45. The molecule has 1 N–H and O–H groups in total. The largest absolute Gasteiger partial charge is 0.310 e. The molecule has 0 spiro atoms. The number of ketones is 1. The van der Waals surface area contributed by atoms with Crippen LogP contribution in [0, 0.1) is 0 Å². The van der Waals surface area contributed by atoms with Gasteiger partial charge in [-0.25, -0.2) is 0 Å². The maximum absolute atomic E-state index is 12.0. The first-order valence-corrected chi connectivity index (χ1v) is 5.89. The van der Waals surface area contributed by atoms with Gasteiger partial charge in [-0.15, -0.1) is 0 Å². The third-order valence-electron chi connectivity index (χ3n) is 3.06. The lowest BCUT2D eigenvalue weighted by Crippen LogP contribution is -2.50. The number of hydrogen-bond acceptors (Lipinski definition) is 2. The van der Waals surface area contributed by atoms with Crippen LogP contribution < -0.4 is 5.32 Å². The van der Waals surface area contributed by atoms with Crippen LogP contribution in [-0.2, 0) is 4.79 Å². The van der Waals surface area contributed by atoms with Crippen molar-refractivity contribution in [2.24, 2.45) is 0 Å². The number of rotatable bonds is 1. The fraction of sp³-hybridized carbons (Fsp3) is 0.462. The van der Waals surface area contributed by atoms with E-state index in [0.29, 0.717) is 23.8 Å². The van der Waals surface area contributed by atoms with Gasteiger partial charge in [0.1, 0.15) is 5.78 Å². The minimum atomic E-state index is -0.0694. The van der Waals surface area contributed by atoms with E-state index in [4.69, 9.17) is 11.6 Å². The van der Waals surface area contributed by atoms with Crippen LogP contribution in [0.3, 0.4) is 0 Å². The highest BCUT2D eigenvalue weighted by Crippen LogP contribution is 2.27. The molecule has 2 nitrogen and oxygen atoms in total. The van der Waals surface area contributed by atoms with Crippen molar-refractivity contribution >= 4 is 17.4 Å². The summed E-state index contributed by atoms with van der Waals surface area (Å²) in [5, 5.41) is 4.11. The molecule has 1 atom stereocenters. The topological polar surface area (TPSA) is 29.1 Å². The number of carbonyl (C=O) groups is 1. The molecule has 0 aliphatic carbocycles. The van der Waals surface area contributed by atoms with Crippen molar-refractivity contribution in [2.75, 3.05) is 6.54 Å². The third-order valence-corrected chi connectivity index (χ3v) is 3.31. The smallest absolute Gasteiger partial charge is 0.143 e. The summed E-state index contributed by atoms with van der Waals surface area (Å²) in [5.41, 5.74) is 0.984. The molecule has 1 aliphatic rings. The highest BCUT2D eigenvalue weighted by molar-refractivity contribution is 6.30. The van der Waals surface area contributed by atoms with Crippen LogP contribution in [0.4, 0.5) is 0 Å². The first-order chi connectivity index (χ1) is 7.48. The van der Waals surface area contributed by atoms with Crippen molar-refractivity contribution < 1.29 is 4.79 Å². The van der Waals surface area contributed by atoms with Crippen molar-refractivity contribution in [1.82, 2.24) is 5.32 Å². The van der Waals surface area contributed by atoms with E-state index in [2.05, 4.69) is 19.2 Å². The number of piperidine rings is 1. The second-order valence-electron chi connectivity index (χ2n) is 5.01. The number of carbonyl (C=O) groups excluding carboxylic acids is 1. The van der Waals surface area contributed by atoms with Gasteiger partial charge in [-0.2, -0.15) is 0 Å². The molecule has 0 amide bonds. The average molecular weight is 238 g/mol. The molecule has 2 rings (SSSR count). The van der Waals surface area contributed by atoms with Crippen LogP contribution in [0.5, 0.6) is 0 Å². The highest BCUT2D eigenvalue weighted by atomic mass is 35.5. The summed E-state index contributed by atoms with van der Waals surface area (Å²) in [6.07, 6.45) is 0.584. The van der Waals surface area contributed by atoms with Crippen molar-refractivity contribution in [2.45, 2.75) is 31.7 Å². The van der Waals surface area contributed by atoms with Gasteiger partial charge in [0.05, 0.1) is 5.92 Å². The monoisotopic (exact) mass is 237 g/mol. The van der Waals surface area contributed by atoms with E-state index in [1.165, 1.54) is 0 Å². The zero-order valence-electron chi connectivity index (χ0n) is 9.59. The number of benzene rings is 1. The molecule has 1 unspecified atom stereocenters. The molecule has 0 aromatic heterocycles. The Labute approximate surface area is 101 Å². The van der Waals surface area contributed by atoms with Crippen LogP contribution in [-0.4, -0.2) is 17.9 Å². The molecule has 0 bridgehead atoms. The van der Waals surface area contributed by atoms with E-state index in [0.717, 1.165) is 5.56 Å². The Hall–Kier alpha value is -0.860. The summed E-state index contributed by atoms with van der Waals surface area (Å²) in [5.74, 6) is 0.288. The average Bonchev–Trinajstić information content (AvgIpc) is 2.19. The number of hydrogen-bond donors (Lipinski definition) is 1. The van der Waals surface area contributed by atoms with Crippen molar-refractivity contribution in [3.63, 3.8) is 0 Å². The number of Topliss-reactive ketones (excluding diaryl/α,β-unsaturated/α-hetero) is 1. The minimum absolute atomic E-state index is 0.0229. The molecule has 1 aromatic rings. The van der Waals surface area contributed by atoms with Crippen molar-refractivity contribution in [3.8, 4) is 0 Å². The van der Waals surface area contributed by atoms with Gasteiger partial charge in [0.25, 0.3) is 0 Å². The molecule has 16 heavy (non-hydrogen) atoms. The zero-order valence-corrected chi connectivity index (χ0v) is 10.3. The lowest BCUT2D eigenvalue weighted by Gasteiger charge is -2.34. The SMILES string of the molecule is CC1(C)CC(=O)C(c2ccc(Cl)cc2)CN1. The lowest BCUT2D eigenvalue weighted by molar-refractivity contribution is -0.123. The molecule has 1 saturated heterocycles. The van der Waals surface area contributed by atoms with E-state index < -0.39 is 0 Å². The first-order valence-electron chi connectivity index (χ1n) is 5.51. The van der Waals surface area contributed by atoms with Crippen molar-refractivity contribution in [3.05, 3.63) is 34.9 Å². The summed E-state index contributed by atoms with van der Waals surface area (Å²) >= 11 is 5.83. The molecular formula is C13H16ClNO. The van der Waals surface area contributed by atoms with Gasteiger partial charge in [-0.1, -0.05) is 23.7 Å². The molecule has 1 aromatic carbocycles. The maximum atomic E-state index is 12.0. The third kappa shape index (κ3) is 2.45. The summed E-state index contributed by atoms with van der Waals surface area (Å²) in [6.45, 7) is 4.83. The van der Waals surface area contributed by atoms with Gasteiger partial charge in [-0.05, 0) is 31.5 Å². The Morgan fingerprint density at radius 1 is 1.31 bits per heavy atom. The molecule has 0 radical (unpaired) electrons. The van der Waals surface area contributed by atoms with E-state index in [9.17, 15) is 4.79 Å². The number of nitrogens with one attached hydrogen (secondary N) is 1. The fourth-order valence-corrected chi connectivity index (χ4v) is 2.24. The van der Waals surface area contributed by atoms with Crippen molar-refractivity contribution in [1.29, 1.82) is 0 Å². The van der Waals surface area contributed by atoms with Gasteiger partial charge >= 0.3 is 0 Å². The normalized spacial score (nSPS) is 24.4. The Balaban J connectivity index is 2.17. The molecule has 1 aliphatic heterocycles. The minimum Gasteiger partial charge on any atom is -0.310 e. The maximum Gasteiger partial charge on any atom is 0.143 e. The molecule has 1 heterocycles. The molecule has 1 fully saturated rings. The van der Waals surface area contributed by atoms with E-state index in [1.54, 1.807) is 0 Å². The summed E-state index contributed by atoms with van der Waals surface area (Å²) in [7, 11) is 0. The Morgan fingerprint density at radius 2 is 1.94 bits per heavy atom. The Kier molecular flexibility index (Phi) is 3.04. The molecular weight excluding hydrogens is 222 g/mol. The first kappa shape index (κ1) is 11.6. The summed E-state index contributed by atoms with van der Waals surface area (Å²) in [6, 6.07) is 7.55. The molecule has 0 saturated carbocycles. The van der Waals surface area contributed by atoms with Gasteiger partial charge in [0, 0.05) is 23.5 Å². The van der Waals surface area contributed by atoms with Crippen LogP contribution in [0.1, 0.15) is 31.7 Å². The summed E-state index contributed by atoms with van der Waals surface area (Å²) in [4.78, 5) is 12.0. The lowest BCUT2D eigenvalue weighted by atomic mass is 9.82. The predicted molar refractivity (Wildman–Crippen MR) is 65.9 cm³/mol. The van der Waals surface area contributed by atoms with Crippen LogP contribution in [0.25, 0.3) is 0 Å². The Morgan fingerprint density at radius 3 is 2.50 bits per heavy atom. The van der Waals surface area contributed by atoms with Crippen LogP contribution in [0.2, 0.25) is 5.02 Å². The van der Waals surface area contributed by atoms with Crippen LogP contribution >= 0.6 is 11.6 Å².